The van der Waals surface area contributed by atoms with Gasteiger partial charge in [0, 0.05) is 36.6 Å². The standard InChI is InChI=1S/C32H32N8O3/c1-21-17-22(8-11-27(21)43-24-12-14-40-28(18-24)34-20-36-40)37-32-30-25(33-19-35-32)9-10-26-31(30)42-16-15-39(26)29(41)7-4-13-38(2)23-5-3-6-23/h4,7-12,14,17-20,23H,3,5-6,13,15-16H2,1-2H3,(H,33,35,37)/b7-4+. The smallest absolute Gasteiger partial charge is 0.250 e. The lowest BCUT2D eigenvalue weighted by Gasteiger charge is -2.34. The lowest BCUT2D eigenvalue weighted by Crippen LogP contribution is -2.38. The Labute approximate surface area is 248 Å². The predicted molar refractivity (Wildman–Crippen MR) is 164 cm³/mol. The predicted octanol–water partition coefficient (Wildman–Crippen LogP) is 5.28. The minimum Gasteiger partial charge on any atom is -0.489 e. The summed E-state index contributed by atoms with van der Waals surface area (Å²) in [5.41, 5.74) is 3.92. The van der Waals surface area contributed by atoms with E-state index in [1.54, 1.807) is 15.5 Å². The fourth-order valence-electron chi connectivity index (χ4n) is 5.50. The molecule has 4 heterocycles. The molecule has 0 spiro atoms. The van der Waals surface area contributed by atoms with Crippen LogP contribution >= 0.6 is 0 Å². The highest BCUT2D eigenvalue weighted by Gasteiger charge is 2.26. The number of carbonyl (C=O) groups excluding carboxylic acids is 1. The van der Waals surface area contributed by atoms with Crippen molar-refractivity contribution in [3.05, 3.63) is 79.0 Å². The fourth-order valence-corrected chi connectivity index (χ4v) is 5.50. The number of aromatic nitrogens is 5. The van der Waals surface area contributed by atoms with Crippen LogP contribution < -0.4 is 19.7 Å². The van der Waals surface area contributed by atoms with Crippen LogP contribution in [0.4, 0.5) is 17.2 Å². The van der Waals surface area contributed by atoms with Crippen LogP contribution in [0.15, 0.2) is 73.5 Å². The summed E-state index contributed by atoms with van der Waals surface area (Å²) in [7, 11) is 2.12. The van der Waals surface area contributed by atoms with Crippen molar-refractivity contribution >= 4 is 39.6 Å². The van der Waals surface area contributed by atoms with Crippen LogP contribution in [0.25, 0.3) is 16.6 Å². The van der Waals surface area contributed by atoms with Gasteiger partial charge in [-0.3, -0.25) is 9.69 Å². The SMILES string of the molecule is Cc1cc(Nc2ncnc3ccc4c(c23)OCCN4C(=O)/C=C/CN(C)C2CCC2)ccc1Oc1ccn2ncnc2c1. The number of ether oxygens (including phenoxy) is 2. The molecular weight excluding hydrogens is 544 g/mol. The van der Waals surface area contributed by atoms with Crippen LogP contribution in [-0.4, -0.2) is 68.2 Å². The molecule has 1 fully saturated rings. The summed E-state index contributed by atoms with van der Waals surface area (Å²) in [4.78, 5) is 30.6. The summed E-state index contributed by atoms with van der Waals surface area (Å²) >= 11 is 0. The van der Waals surface area contributed by atoms with E-state index in [2.05, 4.69) is 37.3 Å². The van der Waals surface area contributed by atoms with Crippen molar-refractivity contribution in [3.8, 4) is 17.2 Å². The summed E-state index contributed by atoms with van der Waals surface area (Å²) in [5, 5.41) is 8.28. The molecule has 0 saturated heterocycles. The Bertz CT molecular complexity index is 1850. The second-order valence-electron chi connectivity index (χ2n) is 10.9. The minimum absolute atomic E-state index is 0.0633. The molecule has 1 aliphatic heterocycles. The van der Waals surface area contributed by atoms with Gasteiger partial charge in [0.2, 0.25) is 0 Å². The largest absolute Gasteiger partial charge is 0.489 e. The molecule has 218 valence electrons. The first-order chi connectivity index (χ1) is 21.0. The maximum absolute atomic E-state index is 13.3. The highest BCUT2D eigenvalue weighted by Crippen LogP contribution is 2.41. The van der Waals surface area contributed by atoms with Gasteiger partial charge in [-0.25, -0.2) is 19.5 Å². The van der Waals surface area contributed by atoms with Crippen molar-refractivity contribution in [2.24, 2.45) is 0 Å². The second-order valence-corrected chi connectivity index (χ2v) is 10.9. The number of hydrogen-bond acceptors (Lipinski definition) is 9. The lowest BCUT2D eigenvalue weighted by atomic mass is 9.92. The summed E-state index contributed by atoms with van der Waals surface area (Å²) in [6.07, 6.45) is 12.2. The number of anilines is 3. The molecule has 1 saturated carbocycles. The van der Waals surface area contributed by atoms with Gasteiger partial charge in [0.15, 0.2) is 11.4 Å². The Morgan fingerprint density at radius 1 is 1.14 bits per heavy atom. The van der Waals surface area contributed by atoms with Gasteiger partial charge in [0.05, 0.1) is 23.1 Å². The molecular formula is C32H32N8O3. The van der Waals surface area contributed by atoms with Crippen LogP contribution in [0.2, 0.25) is 0 Å². The van der Waals surface area contributed by atoms with Gasteiger partial charge in [-0.2, -0.15) is 5.10 Å². The van der Waals surface area contributed by atoms with E-state index in [9.17, 15) is 4.79 Å². The van der Waals surface area contributed by atoms with Gasteiger partial charge >= 0.3 is 0 Å². The first-order valence-corrected chi connectivity index (χ1v) is 14.5. The van der Waals surface area contributed by atoms with Gasteiger partial charge in [0.1, 0.15) is 36.6 Å². The van der Waals surface area contributed by atoms with Crippen LogP contribution in [0, 0.1) is 6.92 Å². The zero-order chi connectivity index (χ0) is 29.3. The molecule has 1 amide bonds. The van der Waals surface area contributed by atoms with E-state index >= 15 is 0 Å². The quantitative estimate of drug-likeness (QED) is 0.247. The zero-order valence-corrected chi connectivity index (χ0v) is 24.1. The molecule has 43 heavy (non-hydrogen) atoms. The molecule has 0 bridgehead atoms. The molecule has 11 heteroatoms. The first-order valence-electron chi connectivity index (χ1n) is 14.5. The number of fused-ring (bicyclic) bond motifs is 4. The van der Waals surface area contributed by atoms with Gasteiger partial charge in [-0.15, -0.1) is 0 Å². The van der Waals surface area contributed by atoms with Gasteiger partial charge in [-0.05, 0) is 68.8 Å². The van der Waals surface area contributed by atoms with E-state index in [4.69, 9.17) is 9.47 Å². The van der Waals surface area contributed by atoms with Crippen LogP contribution in [-0.2, 0) is 4.79 Å². The summed E-state index contributed by atoms with van der Waals surface area (Å²) in [5.74, 6) is 2.53. The van der Waals surface area contributed by atoms with Crippen molar-refractivity contribution in [2.45, 2.75) is 32.2 Å². The Kier molecular flexibility index (Phi) is 7.07. The topological polar surface area (TPSA) is 110 Å². The van der Waals surface area contributed by atoms with Crippen LogP contribution in [0.5, 0.6) is 17.2 Å². The second kappa shape index (κ2) is 11.3. The highest BCUT2D eigenvalue weighted by atomic mass is 16.5. The normalized spacial score (nSPS) is 15.1. The third kappa shape index (κ3) is 5.35. The summed E-state index contributed by atoms with van der Waals surface area (Å²) < 4.78 is 14.0. The number of amides is 1. The number of hydrogen-bond donors (Lipinski definition) is 1. The van der Waals surface area contributed by atoms with Crippen molar-refractivity contribution in [1.82, 2.24) is 29.5 Å². The molecule has 3 aromatic heterocycles. The van der Waals surface area contributed by atoms with E-state index in [1.165, 1.54) is 31.9 Å². The van der Waals surface area contributed by atoms with Crippen molar-refractivity contribution in [2.75, 3.05) is 37.0 Å². The van der Waals surface area contributed by atoms with Crippen LogP contribution in [0.1, 0.15) is 24.8 Å². The minimum atomic E-state index is -0.0633. The number of pyridine rings is 1. The van der Waals surface area contributed by atoms with E-state index in [1.807, 2.05) is 61.7 Å². The first kappa shape index (κ1) is 26.8. The Morgan fingerprint density at radius 2 is 2.05 bits per heavy atom. The Hall–Kier alpha value is -5.03. The highest BCUT2D eigenvalue weighted by molar-refractivity contribution is 6.07. The Morgan fingerprint density at radius 3 is 2.88 bits per heavy atom. The van der Waals surface area contributed by atoms with Gasteiger partial charge in [-0.1, -0.05) is 12.5 Å². The maximum Gasteiger partial charge on any atom is 0.250 e. The molecule has 0 atom stereocenters. The molecule has 1 aliphatic carbocycles. The fraction of sp³-hybridized carbons (Fsp3) is 0.281. The third-order valence-electron chi connectivity index (χ3n) is 8.12. The molecule has 1 N–H and O–H groups in total. The molecule has 7 rings (SSSR count). The summed E-state index contributed by atoms with van der Waals surface area (Å²) in [6.45, 7) is 3.60. The van der Waals surface area contributed by atoms with E-state index < -0.39 is 0 Å². The van der Waals surface area contributed by atoms with Gasteiger partial charge < -0.3 is 19.7 Å². The average molecular weight is 577 g/mol. The van der Waals surface area contributed by atoms with Crippen molar-refractivity contribution in [1.29, 1.82) is 0 Å². The number of aryl methyl sites for hydroxylation is 1. The summed E-state index contributed by atoms with van der Waals surface area (Å²) in [6, 6.07) is 14.0. The molecule has 0 radical (unpaired) electrons. The van der Waals surface area contributed by atoms with Crippen molar-refractivity contribution < 1.29 is 14.3 Å². The maximum atomic E-state index is 13.3. The molecule has 5 aromatic rings. The van der Waals surface area contributed by atoms with Gasteiger partial charge in [0.25, 0.3) is 5.91 Å². The number of benzene rings is 2. The van der Waals surface area contributed by atoms with Crippen molar-refractivity contribution in [3.63, 3.8) is 0 Å². The molecule has 2 aromatic carbocycles. The zero-order valence-electron chi connectivity index (χ0n) is 24.1. The lowest BCUT2D eigenvalue weighted by molar-refractivity contribution is -0.114. The number of nitrogens with one attached hydrogen (secondary N) is 1. The number of carbonyl (C=O) groups is 1. The van der Waals surface area contributed by atoms with E-state index in [-0.39, 0.29) is 5.91 Å². The number of likely N-dealkylation sites (N-methyl/N-ethyl adjacent to an activating group) is 1. The van der Waals surface area contributed by atoms with E-state index in [0.717, 1.165) is 34.4 Å². The number of rotatable bonds is 8. The molecule has 2 aliphatic rings. The molecule has 0 unspecified atom stereocenters. The van der Waals surface area contributed by atoms with E-state index in [0.29, 0.717) is 47.8 Å². The number of nitrogens with zero attached hydrogens (tertiary/aromatic N) is 7. The van der Waals surface area contributed by atoms with Crippen LogP contribution in [0.3, 0.4) is 0 Å². The monoisotopic (exact) mass is 576 g/mol. The molecule has 11 nitrogen and oxygen atoms in total. The third-order valence-corrected chi connectivity index (χ3v) is 8.12. The average Bonchev–Trinajstić information content (AvgIpc) is 3.45. The Balaban J connectivity index is 1.12.